The molecule has 0 fully saturated rings. The van der Waals surface area contributed by atoms with Crippen LogP contribution in [0.3, 0.4) is 0 Å². The van der Waals surface area contributed by atoms with Gasteiger partial charge in [-0.05, 0) is 99.2 Å². The van der Waals surface area contributed by atoms with Crippen molar-refractivity contribution in [2.45, 2.75) is 41.5 Å². The van der Waals surface area contributed by atoms with Crippen LogP contribution in [-0.4, -0.2) is 15.3 Å². The third-order valence-electron chi connectivity index (χ3n) is 6.12. The Bertz CT molecular complexity index is 1320. The summed E-state index contributed by atoms with van der Waals surface area (Å²) in [5.74, 6) is 1.24. The molecule has 0 spiro atoms. The number of phenols is 3. The summed E-state index contributed by atoms with van der Waals surface area (Å²) in [6, 6.07) is 18.6. The Hall–Kier alpha value is -4.12. The van der Waals surface area contributed by atoms with Crippen molar-refractivity contribution in [1.82, 2.24) is 0 Å². The van der Waals surface area contributed by atoms with Gasteiger partial charge in [-0.3, -0.25) is 0 Å². The lowest BCUT2D eigenvalue weighted by atomic mass is 10.0. The van der Waals surface area contributed by atoms with Crippen molar-refractivity contribution < 1.29 is 20.1 Å². The molecule has 0 aromatic heterocycles. The molecule has 5 heteroatoms. The minimum atomic E-state index is 0.103. The Balaban J connectivity index is 1.92. The van der Waals surface area contributed by atoms with Gasteiger partial charge in [-0.25, -0.2) is 0 Å². The molecular weight excluding hydrogens is 438 g/mol. The Morgan fingerprint density at radius 2 is 1.14 bits per heavy atom. The van der Waals surface area contributed by atoms with Crippen LogP contribution >= 0.6 is 0 Å². The Morgan fingerprint density at radius 3 is 1.69 bits per heavy atom. The number of aryl methyl sites for hydroxylation is 6. The average Bonchev–Trinajstić information content (AvgIpc) is 2.77. The zero-order chi connectivity index (χ0) is 25.4. The molecule has 0 bridgehead atoms. The van der Waals surface area contributed by atoms with Crippen molar-refractivity contribution >= 4 is 17.1 Å². The van der Waals surface area contributed by atoms with Crippen LogP contribution in [0.4, 0.5) is 17.1 Å². The summed E-state index contributed by atoms with van der Waals surface area (Å²) >= 11 is 0. The number of hydrogen-bond acceptors (Lipinski definition) is 5. The maximum atomic E-state index is 11.0. The van der Waals surface area contributed by atoms with Crippen LogP contribution in [0.25, 0.3) is 0 Å². The van der Waals surface area contributed by atoms with E-state index < -0.39 is 0 Å². The van der Waals surface area contributed by atoms with E-state index in [9.17, 15) is 15.3 Å². The Morgan fingerprint density at radius 1 is 0.600 bits per heavy atom. The third-order valence-corrected chi connectivity index (χ3v) is 6.12. The van der Waals surface area contributed by atoms with Gasteiger partial charge in [0.25, 0.3) is 0 Å². The van der Waals surface area contributed by atoms with E-state index in [2.05, 4.69) is 0 Å². The summed E-state index contributed by atoms with van der Waals surface area (Å²) in [5, 5.41) is 32.6. The first-order valence-corrected chi connectivity index (χ1v) is 11.5. The molecule has 0 aliphatic heterocycles. The van der Waals surface area contributed by atoms with Crippen LogP contribution in [0.15, 0.2) is 60.7 Å². The number of aromatic hydroxyl groups is 3. The highest BCUT2D eigenvalue weighted by Gasteiger charge is 2.24. The summed E-state index contributed by atoms with van der Waals surface area (Å²) in [5.41, 5.74) is 6.98. The van der Waals surface area contributed by atoms with Crippen LogP contribution in [0, 0.1) is 41.5 Å². The second-order valence-corrected chi connectivity index (χ2v) is 9.21. The van der Waals surface area contributed by atoms with Gasteiger partial charge < -0.3 is 25.0 Å². The average molecular weight is 470 g/mol. The lowest BCUT2D eigenvalue weighted by molar-refractivity contribution is 0.406. The van der Waals surface area contributed by atoms with Gasteiger partial charge in [0.2, 0.25) is 0 Å². The molecule has 3 N–H and O–H groups in total. The molecule has 0 radical (unpaired) electrons. The highest BCUT2D eigenvalue weighted by atomic mass is 16.5. The van der Waals surface area contributed by atoms with E-state index in [0.717, 1.165) is 33.4 Å². The molecule has 0 unspecified atom stereocenters. The van der Waals surface area contributed by atoms with E-state index in [1.54, 1.807) is 12.1 Å². The van der Waals surface area contributed by atoms with Gasteiger partial charge in [-0.2, -0.15) is 0 Å². The number of rotatable bonds is 5. The van der Waals surface area contributed by atoms with Gasteiger partial charge in [-0.15, -0.1) is 0 Å². The molecule has 0 aliphatic rings. The summed E-state index contributed by atoms with van der Waals surface area (Å²) in [4.78, 5) is 1.85. The van der Waals surface area contributed by atoms with Crippen molar-refractivity contribution in [3.05, 3.63) is 94.0 Å². The maximum absolute atomic E-state index is 11.0. The van der Waals surface area contributed by atoms with Gasteiger partial charge in [0, 0.05) is 6.07 Å². The SMILES string of the molecule is Cc1cc(C)c(N(c2cccc(Oc3c(C)ccc(C)c3O)c2)c2c(C)cc(C)cc2O)c(O)c1. The van der Waals surface area contributed by atoms with Gasteiger partial charge in [0.1, 0.15) is 17.2 Å². The lowest BCUT2D eigenvalue weighted by Gasteiger charge is -2.30. The monoisotopic (exact) mass is 469 g/mol. The first-order chi connectivity index (χ1) is 16.6. The summed E-state index contributed by atoms with van der Waals surface area (Å²) in [6.45, 7) is 11.4. The van der Waals surface area contributed by atoms with Gasteiger partial charge in [0.15, 0.2) is 11.5 Å². The van der Waals surface area contributed by atoms with E-state index >= 15 is 0 Å². The number of ether oxygens (including phenoxy) is 1. The molecule has 35 heavy (non-hydrogen) atoms. The molecule has 0 heterocycles. The first-order valence-electron chi connectivity index (χ1n) is 11.5. The van der Waals surface area contributed by atoms with Crippen molar-refractivity contribution in [3.63, 3.8) is 0 Å². The Labute approximate surface area is 206 Å². The van der Waals surface area contributed by atoms with E-state index in [0.29, 0.717) is 28.6 Å². The predicted molar refractivity (Wildman–Crippen MR) is 141 cm³/mol. The van der Waals surface area contributed by atoms with Crippen molar-refractivity contribution in [2.75, 3.05) is 4.90 Å². The quantitative estimate of drug-likeness (QED) is 0.277. The predicted octanol–water partition coefficient (Wildman–Crippen LogP) is 7.92. The zero-order valence-corrected chi connectivity index (χ0v) is 21.0. The van der Waals surface area contributed by atoms with Crippen LogP contribution in [0.1, 0.15) is 33.4 Å². The van der Waals surface area contributed by atoms with E-state index in [-0.39, 0.29) is 17.2 Å². The number of anilines is 3. The van der Waals surface area contributed by atoms with Crippen molar-refractivity contribution in [2.24, 2.45) is 0 Å². The summed E-state index contributed by atoms with van der Waals surface area (Å²) in [7, 11) is 0. The third kappa shape index (κ3) is 4.62. The molecule has 4 aromatic carbocycles. The first kappa shape index (κ1) is 24.0. The number of hydrogen-bond donors (Lipinski definition) is 3. The van der Waals surface area contributed by atoms with Crippen LogP contribution in [0.5, 0.6) is 28.7 Å². The van der Waals surface area contributed by atoms with Gasteiger partial charge in [0.05, 0.1) is 17.1 Å². The minimum absolute atomic E-state index is 0.103. The molecule has 4 rings (SSSR count). The highest BCUT2D eigenvalue weighted by Crippen LogP contribution is 2.48. The molecule has 0 amide bonds. The smallest absolute Gasteiger partial charge is 0.172 e. The van der Waals surface area contributed by atoms with Crippen molar-refractivity contribution in [1.29, 1.82) is 0 Å². The van der Waals surface area contributed by atoms with Crippen LogP contribution in [0.2, 0.25) is 0 Å². The number of phenolic OH excluding ortho intramolecular Hbond substituents is 3. The van der Waals surface area contributed by atoms with Crippen molar-refractivity contribution in [3.8, 4) is 28.7 Å². The molecule has 0 atom stereocenters. The molecule has 0 saturated heterocycles. The topological polar surface area (TPSA) is 73.2 Å². The van der Waals surface area contributed by atoms with Crippen LogP contribution in [-0.2, 0) is 0 Å². The Kier molecular flexibility index (Phi) is 6.35. The zero-order valence-electron chi connectivity index (χ0n) is 21.0. The number of benzene rings is 4. The molecule has 180 valence electrons. The normalized spacial score (nSPS) is 10.9. The molecule has 0 saturated carbocycles. The second-order valence-electron chi connectivity index (χ2n) is 9.21. The van der Waals surface area contributed by atoms with Crippen LogP contribution < -0.4 is 9.64 Å². The highest BCUT2D eigenvalue weighted by molar-refractivity contribution is 5.87. The largest absolute Gasteiger partial charge is 0.506 e. The standard InChI is InChI=1S/C30H31NO4/c1-17-12-21(5)27(25(32)14-17)31(28-22(6)13-18(2)15-26(28)33)23-8-7-9-24(16-23)35-30-20(4)11-10-19(3)29(30)34/h7-16,32-34H,1-6H3. The van der Waals surface area contributed by atoms with Gasteiger partial charge >= 0.3 is 0 Å². The fourth-order valence-corrected chi connectivity index (χ4v) is 4.53. The number of nitrogens with zero attached hydrogens (tertiary/aromatic N) is 1. The fourth-order valence-electron chi connectivity index (χ4n) is 4.53. The molecule has 0 aliphatic carbocycles. The van der Waals surface area contributed by atoms with E-state index in [4.69, 9.17) is 4.74 Å². The molecular formula is C30H31NO4. The fraction of sp³-hybridized carbons (Fsp3) is 0.200. The van der Waals surface area contributed by atoms with E-state index in [1.165, 1.54) is 0 Å². The van der Waals surface area contributed by atoms with Gasteiger partial charge in [-0.1, -0.05) is 30.3 Å². The molecule has 5 nitrogen and oxygen atoms in total. The second kappa shape index (κ2) is 9.26. The lowest BCUT2D eigenvalue weighted by Crippen LogP contribution is -2.13. The summed E-state index contributed by atoms with van der Waals surface area (Å²) < 4.78 is 6.14. The summed E-state index contributed by atoms with van der Waals surface area (Å²) in [6.07, 6.45) is 0. The minimum Gasteiger partial charge on any atom is -0.506 e. The van der Waals surface area contributed by atoms with E-state index in [1.807, 2.05) is 95.0 Å². The molecule has 4 aromatic rings. The maximum Gasteiger partial charge on any atom is 0.172 e.